The Labute approximate surface area is 129 Å². The zero-order chi connectivity index (χ0) is 15.0. The number of hydrogen-bond acceptors (Lipinski definition) is 3. The van der Waals surface area contributed by atoms with Gasteiger partial charge in [-0.1, -0.05) is 0 Å². The van der Waals surface area contributed by atoms with Crippen molar-refractivity contribution in [1.82, 2.24) is 20.4 Å². The number of benzene rings is 1. The van der Waals surface area contributed by atoms with Gasteiger partial charge in [-0.25, -0.2) is 4.39 Å². The molecule has 22 heavy (non-hydrogen) atoms. The summed E-state index contributed by atoms with van der Waals surface area (Å²) < 4.78 is 13.1. The van der Waals surface area contributed by atoms with Crippen molar-refractivity contribution in [2.75, 3.05) is 26.2 Å². The number of aromatic nitrogens is 2. The van der Waals surface area contributed by atoms with Crippen LogP contribution in [0.2, 0.25) is 0 Å². The third-order valence-electron chi connectivity index (χ3n) is 5.09. The Morgan fingerprint density at radius 1 is 1.23 bits per heavy atom. The van der Waals surface area contributed by atoms with Gasteiger partial charge < -0.3 is 5.32 Å². The monoisotopic (exact) mass is 300 g/mol. The number of H-pyrrole nitrogens is 1. The normalized spacial score (nSPS) is 25.3. The number of nitrogens with zero attached hydrogens (tertiary/aromatic N) is 2. The number of likely N-dealkylation sites (tertiary alicyclic amines) is 1. The highest BCUT2D eigenvalue weighted by atomic mass is 19.1. The summed E-state index contributed by atoms with van der Waals surface area (Å²) in [7, 11) is 0. The van der Waals surface area contributed by atoms with Crippen LogP contribution in [0.4, 0.5) is 4.39 Å². The van der Waals surface area contributed by atoms with E-state index in [0.717, 1.165) is 44.0 Å². The molecule has 3 heterocycles. The van der Waals surface area contributed by atoms with Crippen LogP contribution in [0, 0.1) is 11.2 Å². The van der Waals surface area contributed by atoms with Gasteiger partial charge in [0.15, 0.2) is 0 Å². The molecule has 2 N–H and O–H groups in total. The molecule has 1 atom stereocenters. The van der Waals surface area contributed by atoms with Crippen molar-refractivity contribution in [3.05, 3.63) is 41.8 Å². The van der Waals surface area contributed by atoms with E-state index in [4.69, 9.17) is 0 Å². The molecule has 4 nitrogen and oxygen atoms in total. The second kappa shape index (κ2) is 5.48. The van der Waals surface area contributed by atoms with Crippen LogP contribution in [0.15, 0.2) is 30.5 Å². The SMILES string of the molecule is Fc1ccc(-c2[nH]ncc2CN2CCC3(CCNC3)C2)cc1. The highest BCUT2D eigenvalue weighted by molar-refractivity contribution is 5.62. The van der Waals surface area contributed by atoms with Crippen molar-refractivity contribution in [3.8, 4) is 11.3 Å². The molecule has 116 valence electrons. The van der Waals surface area contributed by atoms with E-state index in [2.05, 4.69) is 20.4 Å². The lowest BCUT2D eigenvalue weighted by Gasteiger charge is -2.22. The maximum Gasteiger partial charge on any atom is 0.123 e. The molecule has 1 unspecified atom stereocenters. The van der Waals surface area contributed by atoms with Gasteiger partial charge in [0.2, 0.25) is 0 Å². The van der Waals surface area contributed by atoms with Gasteiger partial charge in [-0.15, -0.1) is 0 Å². The minimum atomic E-state index is -0.208. The summed E-state index contributed by atoms with van der Waals surface area (Å²) in [5.74, 6) is -0.208. The fourth-order valence-electron chi connectivity index (χ4n) is 3.84. The number of nitrogens with one attached hydrogen (secondary N) is 2. The van der Waals surface area contributed by atoms with Crippen LogP contribution >= 0.6 is 0 Å². The van der Waals surface area contributed by atoms with Crippen LogP contribution in [0.1, 0.15) is 18.4 Å². The Morgan fingerprint density at radius 3 is 2.86 bits per heavy atom. The van der Waals surface area contributed by atoms with Crippen LogP contribution in [0.5, 0.6) is 0 Å². The van der Waals surface area contributed by atoms with Crippen LogP contribution in [0.3, 0.4) is 0 Å². The predicted molar refractivity (Wildman–Crippen MR) is 83.8 cm³/mol. The second-order valence-electron chi connectivity index (χ2n) is 6.66. The third-order valence-corrected chi connectivity index (χ3v) is 5.09. The van der Waals surface area contributed by atoms with Crippen molar-refractivity contribution in [3.63, 3.8) is 0 Å². The second-order valence-corrected chi connectivity index (χ2v) is 6.66. The first-order chi connectivity index (χ1) is 10.7. The summed E-state index contributed by atoms with van der Waals surface area (Å²) >= 11 is 0. The van der Waals surface area contributed by atoms with Crippen molar-refractivity contribution >= 4 is 0 Å². The van der Waals surface area contributed by atoms with Crippen LogP contribution in [-0.2, 0) is 6.54 Å². The van der Waals surface area contributed by atoms with Gasteiger partial charge in [0.25, 0.3) is 0 Å². The summed E-state index contributed by atoms with van der Waals surface area (Å²) in [6.45, 7) is 5.52. The molecule has 5 heteroatoms. The van der Waals surface area contributed by atoms with Crippen LogP contribution in [-0.4, -0.2) is 41.3 Å². The predicted octanol–water partition coefficient (Wildman–Crippen LogP) is 2.40. The van der Waals surface area contributed by atoms with Gasteiger partial charge in [-0.3, -0.25) is 10.00 Å². The Balaban J connectivity index is 1.50. The summed E-state index contributed by atoms with van der Waals surface area (Å²) in [5.41, 5.74) is 3.67. The van der Waals surface area contributed by atoms with Crippen molar-refractivity contribution in [1.29, 1.82) is 0 Å². The molecule has 1 aromatic heterocycles. The van der Waals surface area contributed by atoms with E-state index in [1.165, 1.54) is 30.5 Å². The molecule has 0 aliphatic carbocycles. The van der Waals surface area contributed by atoms with Gasteiger partial charge >= 0.3 is 0 Å². The van der Waals surface area contributed by atoms with E-state index >= 15 is 0 Å². The fourth-order valence-corrected chi connectivity index (χ4v) is 3.84. The molecule has 2 aliphatic heterocycles. The summed E-state index contributed by atoms with van der Waals surface area (Å²) in [5, 5.41) is 10.8. The largest absolute Gasteiger partial charge is 0.316 e. The van der Waals surface area contributed by atoms with Gasteiger partial charge in [-0.05, 0) is 55.6 Å². The number of aromatic amines is 1. The average Bonchev–Trinajstić information content (AvgIpc) is 3.24. The average molecular weight is 300 g/mol. The molecule has 2 fully saturated rings. The third kappa shape index (κ3) is 2.55. The Hall–Kier alpha value is -1.72. The van der Waals surface area contributed by atoms with Crippen LogP contribution in [0.25, 0.3) is 11.3 Å². The van der Waals surface area contributed by atoms with E-state index < -0.39 is 0 Å². The lowest BCUT2D eigenvalue weighted by Crippen LogP contribution is -2.28. The molecule has 4 rings (SSSR count). The fraction of sp³-hybridized carbons (Fsp3) is 0.471. The Kier molecular flexibility index (Phi) is 3.47. The topological polar surface area (TPSA) is 44.0 Å². The Morgan fingerprint density at radius 2 is 2.09 bits per heavy atom. The maximum absolute atomic E-state index is 13.1. The maximum atomic E-state index is 13.1. The molecule has 2 aromatic rings. The smallest absolute Gasteiger partial charge is 0.123 e. The van der Waals surface area contributed by atoms with Crippen molar-refractivity contribution in [2.24, 2.45) is 5.41 Å². The molecule has 0 bridgehead atoms. The van der Waals surface area contributed by atoms with Gasteiger partial charge in [0, 0.05) is 30.8 Å². The molecule has 0 amide bonds. The quantitative estimate of drug-likeness (QED) is 0.915. The van der Waals surface area contributed by atoms with Gasteiger partial charge in [-0.2, -0.15) is 5.10 Å². The first-order valence-corrected chi connectivity index (χ1v) is 7.95. The summed E-state index contributed by atoms with van der Waals surface area (Å²) in [6.07, 6.45) is 4.47. The molecule has 0 saturated carbocycles. The minimum Gasteiger partial charge on any atom is -0.316 e. The molecule has 0 radical (unpaired) electrons. The highest BCUT2D eigenvalue weighted by Gasteiger charge is 2.40. The first kappa shape index (κ1) is 13.9. The van der Waals surface area contributed by atoms with Gasteiger partial charge in [0.05, 0.1) is 11.9 Å². The molecule has 1 aromatic carbocycles. The minimum absolute atomic E-state index is 0.208. The van der Waals surface area contributed by atoms with Crippen molar-refractivity contribution in [2.45, 2.75) is 19.4 Å². The lowest BCUT2D eigenvalue weighted by atomic mass is 9.86. The first-order valence-electron chi connectivity index (χ1n) is 7.95. The Bertz CT molecular complexity index is 643. The molecule has 2 saturated heterocycles. The highest BCUT2D eigenvalue weighted by Crippen LogP contribution is 2.37. The molecule has 1 spiro atoms. The standard InChI is InChI=1S/C17H21FN4/c18-15-3-1-13(2-4-15)16-14(9-20-21-16)10-22-8-6-17(12-22)5-7-19-11-17/h1-4,9,19H,5-8,10-12H2,(H,20,21). The number of hydrogen-bond donors (Lipinski definition) is 2. The van der Waals surface area contributed by atoms with E-state index in [1.54, 1.807) is 12.1 Å². The van der Waals surface area contributed by atoms with Crippen molar-refractivity contribution < 1.29 is 4.39 Å². The van der Waals surface area contributed by atoms with E-state index in [9.17, 15) is 4.39 Å². The zero-order valence-electron chi connectivity index (χ0n) is 12.6. The summed E-state index contributed by atoms with van der Waals surface area (Å²) in [6, 6.07) is 6.60. The van der Waals surface area contributed by atoms with E-state index in [-0.39, 0.29) is 5.82 Å². The zero-order valence-corrected chi connectivity index (χ0v) is 12.6. The molecule has 2 aliphatic rings. The number of rotatable bonds is 3. The molecular formula is C17H21FN4. The van der Waals surface area contributed by atoms with E-state index in [0.29, 0.717) is 5.41 Å². The van der Waals surface area contributed by atoms with E-state index in [1.807, 2.05) is 6.20 Å². The van der Waals surface area contributed by atoms with Crippen LogP contribution < -0.4 is 5.32 Å². The number of halogens is 1. The van der Waals surface area contributed by atoms with Gasteiger partial charge in [0.1, 0.15) is 5.82 Å². The molecular weight excluding hydrogens is 279 g/mol. The lowest BCUT2D eigenvalue weighted by molar-refractivity contribution is 0.269. The summed E-state index contributed by atoms with van der Waals surface area (Å²) in [4.78, 5) is 2.52.